The number of hydrogen-bond donors (Lipinski definition) is 2. The SMILES string of the molecule is C[C@@H]1Oc2ccccc2N(CCC(=O)NCc2nc(C(=O)O)cs2)C1=O. The van der Waals surface area contributed by atoms with Gasteiger partial charge in [0.25, 0.3) is 5.91 Å². The van der Waals surface area contributed by atoms with Crippen LogP contribution in [-0.4, -0.2) is 40.5 Å². The first-order valence-corrected chi connectivity index (χ1v) is 8.85. The summed E-state index contributed by atoms with van der Waals surface area (Å²) in [5, 5.41) is 13.5. The number of nitrogens with one attached hydrogen (secondary N) is 1. The zero-order valence-electron chi connectivity index (χ0n) is 14.0. The second kappa shape index (κ2) is 7.52. The highest BCUT2D eigenvalue weighted by molar-refractivity contribution is 7.09. The minimum Gasteiger partial charge on any atom is -0.479 e. The molecule has 1 aromatic carbocycles. The summed E-state index contributed by atoms with van der Waals surface area (Å²) < 4.78 is 5.56. The number of thiazole rings is 1. The van der Waals surface area contributed by atoms with Crippen LogP contribution in [0.2, 0.25) is 0 Å². The standard InChI is InChI=1S/C17H17N3O5S/c1-10-16(22)20(12-4-2-3-5-13(12)25-10)7-6-14(21)18-8-15-19-11(9-26-15)17(23)24/h2-5,9-10H,6-8H2,1H3,(H,18,21)(H,23,24)/t10-/m0/s1. The topological polar surface area (TPSA) is 109 Å². The van der Waals surface area contributed by atoms with Crippen LogP contribution in [0.1, 0.15) is 28.8 Å². The fourth-order valence-corrected chi connectivity index (χ4v) is 3.26. The predicted octanol–water partition coefficient (Wildman–Crippen LogP) is 1.66. The van der Waals surface area contributed by atoms with Gasteiger partial charge in [-0.05, 0) is 19.1 Å². The van der Waals surface area contributed by atoms with Gasteiger partial charge in [0, 0.05) is 18.3 Å². The smallest absolute Gasteiger partial charge is 0.355 e. The van der Waals surface area contributed by atoms with E-state index in [1.54, 1.807) is 30.0 Å². The van der Waals surface area contributed by atoms with E-state index in [0.29, 0.717) is 16.4 Å². The van der Waals surface area contributed by atoms with E-state index in [1.165, 1.54) is 16.7 Å². The molecule has 2 heterocycles. The minimum absolute atomic E-state index is 0.0382. The lowest BCUT2D eigenvalue weighted by Gasteiger charge is -2.32. The largest absolute Gasteiger partial charge is 0.479 e. The molecule has 2 aromatic rings. The number of amides is 2. The van der Waals surface area contributed by atoms with Gasteiger partial charge in [-0.15, -0.1) is 11.3 Å². The number of aromatic nitrogens is 1. The quantitative estimate of drug-likeness (QED) is 0.795. The van der Waals surface area contributed by atoms with Gasteiger partial charge < -0.3 is 20.1 Å². The number of nitrogens with zero attached hydrogens (tertiary/aromatic N) is 2. The molecular weight excluding hydrogens is 358 g/mol. The molecule has 1 aromatic heterocycles. The lowest BCUT2D eigenvalue weighted by molar-refractivity contribution is -0.125. The maximum atomic E-state index is 12.4. The van der Waals surface area contributed by atoms with E-state index >= 15 is 0 Å². The third-order valence-electron chi connectivity index (χ3n) is 3.84. The number of carboxylic acids is 1. The van der Waals surface area contributed by atoms with Gasteiger partial charge in [-0.1, -0.05) is 12.1 Å². The Hall–Kier alpha value is -2.94. The number of fused-ring (bicyclic) bond motifs is 1. The van der Waals surface area contributed by atoms with Crippen LogP contribution in [0.5, 0.6) is 5.75 Å². The number of carbonyl (C=O) groups is 3. The molecule has 1 aliphatic rings. The van der Waals surface area contributed by atoms with Crippen molar-refractivity contribution in [3.63, 3.8) is 0 Å². The highest BCUT2D eigenvalue weighted by atomic mass is 32.1. The normalized spacial score (nSPS) is 16.0. The Kier molecular flexibility index (Phi) is 5.17. The summed E-state index contributed by atoms with van der Waals surface area (Å²) in [7, 11) is 0. The molecule has 0 radical (unpaired) electrons. The van der Waals surface area contributed by atoms with Gasteiger partial charge in [-0.2, -0.15) is 0 Å². The Morgan fingerprint density at radius 3 is 2.88 bits per heavy atom. The fraction of sp³-hybridized carbons (Fsp3) is 0.294. The zero-order valence-corrected chi connectivity index (χ0v) is 14.8. The van der Waals surface area contributed by atoms with Gasteiger partial charge in [0.1, 0.15) is 10.8 Å². The second-order valence-electron chi connectivity index (χ2n) is 5.68. The lowest BCUT2D eigenvalue weighted by Crippen LogP contribution is -2.45. The number of aromatic carboxylic acids is 1. The maximum absolute atomic E-state index is 12.4. The molecule has 26 heavy (non-hydrogen) atoms. The van der Waals surface area contributed by atoms with Gasteiger partial charge in [-0.3, -0.25) is 9.59 Å². The van der Waals surface area contributed by atoms with Crippen LogP contribution >= 0.6 is 11.3 Å². The molecule has 8 nitrogen and oxygen atoms in total. The third-order valence-corrected chi connectivity index (χ3v) is 4.69. The van der Waals surface area contributed by atoms with Crippen molar-refractivity contribution in [2.45, 2.75) is 26.0 Å². The molecule has 0 aliphatic carbocycles. The highest BCUT2D eigenvalue weighted by Gasteiger charge is 2.31. The van der Waals surface area contributed by atoms with Crippen LogP contribution in [0.4, 0.5) is 5.69 Å². The van der Waals surface area contributed by atoms with Crippen molar-refractivity contribution in [1.29, 1.82) is 0 Å². The average molecular weight is 375 g/mol. The van der Waals surface area contributed by atoms with Crippen LogP contribution in [0.15, 0.2) is 29.6 Å². The predicted molar refractivity (Wildman–Crippen MR) is 94.4 cm³/mol. The average Bonchev–Trinajstić information content (AvgIpc) is 3.10. The van der Waals surface area contributed by atoms with E-state index < -0.39 is 12.1 Å². The summed E-state index contributed by atoms with van der Waals surface area (Å²) in [4.78, 5) is 40.7. The molecule has 2 amide bonds. The minimum atomic E-state index is -1.10. The van der Waals surface area contributed by atoms with Gasteiger partial charge in [0.2, 0.25) is 5.91 Å². The van der Waals surface area contributed by atoms with Crippen LogP contribution in [0.25, 0.3) is 0 Å². The number of benzene rings is 1. The third kappa shape index (κ3) is 3.83. The molecule has 1 aliphatic heterocycles. The first-order chi connectivity index (χ1) is 12.5. The van der Waals surface area contributed by atoms with Crippen molar-refractivity contribution in [2.75, 3.05) is 11.4 Å². The van der Waals surface area contributed by atoms with E-state index in [9.17, 15) is 14.4 Å². The Balaban J connectivity index is 1.57. The van der Waals surface area contributed by atoms with E-state index in [-0.39, 0.29) is 37.0 Å². The Morgan fingerprint density at radius 2 is 2.15 bits per heavy atom. The Labute approximate surface area is 153 Å². The Morgan fingerprint density at radius 1 is 1.38 bits per heavy atom. The van der Waals surface area contributed by atoms with Crippen molar-refractivity contribution in [1.82, 2.24) is 10.3 Å². The summed E-state index contributed by atoms with van der Waals surface area (Å²) in [5.41, 5.74) is 0.609. The molecule has 0 unspecified atom stereocenters. The number of anilines is 1. The maximum Gasteiger partial charge on any atom is 0.355 e. The molecule has 0 saturated carbocycles. The Bertz CT molecular complexity index is 850. The lowest BCUT2D eigenvalue weighted by atomic mass is 10.1. The molecule has 0 bridgehead atoms. The number of carbonyl (C=O) groups excluding carboxylic acids is 2. The number of rotatable bonds is 6. The summed E-state index contributed by atoms with van der Waals surface area (Å²) in [6, 6.07) is 7.19. The monoisotopic (exact) mass is 375 g/mol. The van der Waals surface area contributed by atoms with Gasteiger partial charge in [0.05, 0.1) is 12.2 Å². The van der Waals surface area contributed by atoms with Gasteiger partial charge >= 0.3 is 5.97 Å². The molecule has 0 saturated heterocycles. The van der Waals surface area contributed by atoms with Crippen LogP contribution in [-0.2, 0) is 16.1 Å². The summed E-state index contributed by atoms with van der Waals surface area (Å²) in [5.74, 6) is -0.926. The number of hydrogen-bond acceptors (Lipinski definition) is 6. The van der Waals surface area contributed by atoms with Gasteiger partial charge in [0.15, 0.2) is 11.8 Å². The first-order valence-electron chi connectivity index (χ1n) is 7.97. The molecular formula is C17H17N3O5S. The number of ether oxygens (including phenoxy) is 1. The molecule has 2 N–H and O–H groups in total. The molecule has 136 valence electrons. The van der Waals surface area contributed by atoms with Crippen LogP contribution in [0.3, 0.4) is 0 Å². The highest BCUT2D eigenvalue weighted by Crippen LogP contribution is 2.33. The summed E-state index contributed by atoms with van der Waals surface area (Å²) in [6.45, 7) is 2.06. The molecule has 0 spiro atoms. The van der Waals surface area contributed by atoms with E-state index in [4.69, 9.17) is 9.84 Å². The van der Waals surface area contributed by atoms with E-state index in [0.717, 1.165) is 0 Å². The summed E-state index contributed by atoms with van der Waals surface area (Å²) >= 11 is 1.17. The van der Waals surface area contributed by atoms with Crippen molar-refractivity contribution in [3.8, 4) is 5.75 Å². The van der Waals surface area contributed by atoms with Crippen molar-refractivity contribution >= 4 is 34.8 Å². The van der Waals surface area contributed by atoms with Crippen LogP contribution < -0.4 is 15.0 Å². The van der Waals surface area contributed by atoms with E-state index in [2.05, 4.69) is 10.3 Å². The molecule has 9 heteroatoms. The van der Waals surface area contributed by atoms with Crippen molar-refractivity contribution < 1.29 is 24.2 Å². The molecule has 3 rings (SSSR count). The van der Waals surface area contributed by atoms with Crippen molar-refractivity contribution in [3.05, 3.63) is 40.3 Å². The van der Waals surface area contributed by atoms with Crippen LogP contribution in [0, 0.1) is 0 Å². The number of para-hydroxylation sites is 2. The first kappa shape index (κ1) is 17.9. The summed E-state index contributed by atoms with van der Waals surface area (Å²) in [6.07, 6.45) is -0.484. The van der Waals surface area contributed by atoms with Crippen molar-refractivity contribution in [2.24, 2.45) is 0 Å². The number of carboxylic acid groups (broad SMARTS) is 1. The second-order valence-corrected chi connectivity index (χ2v) is 6.62. The van der Waals surface area contributed by atoms with E-state index in [1.807, 2.05) is 6.07 Å². The van der Waals surface area contributed by atoms with Gasteiger partial charge in [-0.25, -0.2) is 9.78 Å². The molecule has 1 atom stereocenters. The fourth-order valence-electron chi connectivity index (χ4n) is 2.56. The zero-order chi connectivity index (χ0) is 18.7. The molecule has 0 fully saturated rings.